The SMILES string of the molecule is CCOc1nc(N=NN)c2nc(-c3cncc(F)c3)n(Cc3ccc(O[C@@H]4CCN(C)C4)nc3)c2n1. The molecule has 5 heterocycles. The number of likely N-dealkylation sites (N-methyl/N-ethyl adjacent to an activating group) is 1. The Morgan fingerprint density at radius 2 is 2.08 bits per heavy atom. The highest BCUT2D eigenvalue weighted by molar-refractivity contribution is 5.85. The van der Waals surface area contributed by atoms with Gasteiger partial charge in [0, 0.05) is 37.1 Å². The van der Waals surface area contributed by atoms with E-state index in [2.05, 4.69) is 47.2 Å². The van der Waals surface area contributed by atoms with E-state index in [1.165, 1.54) is 12.3 Å². The molecule has 2 N–H and O–H groups in total. The van der Waals surface area contributed by atoms with E-state index in [9.17, 15) is 4.39 Å². The summed E-state index contributed by atoms with van der Waals surface area (Å²) in [4.78, 5) is 24.1. The third kappa shape index (κ3) is 4.91. The zero-order valence-electron chi connectivity index (χ0n) is 19.9. The Bertz CT molecular complexity index is 1390. The molecule has 1 fully saturated rings. The number of halogens is 1. The molecular weight excluding hydrogens is 467 g/mol. The van der Waals surface area contributed by atoms with Gasteiger partial charge < -0.3 is 24.8 Å². The molecule has 0 radical (unpaired) electrons. The fourth-order valence-electron chi connectivity index (χ4n) is 4.11. The third-order valence-electron chi connectivity index (χ3n) is 5.72. The average Bonchev–Trinajstić information content (AvgIpc) is 3.44. The molecule has 1 atom stereocenters. The Morgan fingerprint density at radius 1 is 1.19 bits per heavy atom. The monoisotopic (exact) mass is 492 g/mol. The van der Waals surface area contributed by atoms with Crippen LogP contribution in [0.2, 0.25) is 0 Å². The Kier molecular flexibility index (Phi) is 6.62. The molecule has 12 nitrogen and oxygen atoms in total. The second-order valence-corrected chi connectivity index (χ2v) is 8.36. The van der Waals surface area contributed by atoms with Crippen LogP contribution >= 0.6 is 0 Å². The van der Waals surface area contributed by atoms with Crippen molar-refractivity contribution in [3.05, 3.63) is 48.2 Å². The van der Waals surface area contributed by atoms with E-state index in [-0.39, 0.29) is 17.9 Å². The summed E-state index contributed by atoms with van der Waals surface area (Å²) < 4.78 is 27.4. The van der Waals surface area contributed by atoms with Gasteiger partial charge in [0.25, 0.3) is 0 Å². The van der Waals surface area contributed by atoms with Gasteiger partial charge in [-0.2, -0.15) is 9.97 Å². The van der Waals surface area contributed by atoms with Gasteiger partial charge in [-0.15, -0.1) is 5.11 Å². The van der Waals surface area contributed by atoms with Crippen LogP contribution in [0.25, 0.3) is 22.6 Å². The zero-order chi connectivity index (χ0) is 25.1. The van der Waals surface area contributed by atoms with Gasteiger partial charge in [-0.3, -0.25) is 4.98 Å². The Labute approximate surface area is 206 Å². The number of imidazole rings is 1. The number of likely N-dealkylation sites (tertiary alicyclic amines) is 1. The molecule has 0 aromatic carbocycles. The quantitative estimate of drug-likeness (QED) is 0.223. The molecule has 36 heavy (non-hydrogen) atoms. The first-order chi connectivity index (χ1) is 17.5. The summed E-state index contributed by atoms with van der Waals surface area (Å²) in [6.07, 6.45) is 5.48. The largest absolute Gasteiger partial charge is 0.473 e. The molecule has 4 aromatic rings. The van der Waals surface area contributed by atoms with Crippen molar-refractivity contribution in [1.29, 1.82) is 0 Å². The van der Waals surface area contributed by atoms with E-state index in [4.69, 9.17) is 15.3 Å². The standard InChI is InChI=1S/C23H25FN10O2/c1-3-35-23-29-20(31-32-25)19-22(30-23)34(21(28-19)15-8-16(24)11-26-10-15)12-14-4-5-18(27-9-14)36-17-6-7-33(2)13-17/h4-5,8-11,17H,3,6-7,12-13H2,1-2H3,(H2,25,29,30,31)/t17-/m1/s1. The van der Waals surface area contributed by atoms with Crippen molar-refractivity contribution in [2.45, 2.75) is 26.0 Å². The van der Waals surface area contributed by atoms with Crippen LogP contribution in [0.5, 0.6) is 11.9 Å². The Hall–Kier alpha value is -4.26. The fourth-order valence-corrected chi connectivity index (χ4v) is 4.11. The average molecular weight is 493 g/mol. The fraction of sp³-hybridized carbons (Fsp3) is 0.348. The number of ether oxygens (including phenoxy) is 2. The maximum absolute atomic E-state index is 14.0. The smallest absolute Gasteiger partial charge is 0.320 e. The maximum atomic E-state index is 14.0. The van der Waals surface area contributed by atoms with Crippen molar-refractivity contribution in [1.82, 2.24) is 34.4 Å². The molecule has 1 aliphatic heterocycles. The molecule has 0 saturated carbocycles. The lowest BCUT2D eigenvalue weighted by Gasteiger charge is -2.13. The topological polar surface area (TPSA) is 142 Å². The molecular formula is C23H25FN10O2. The van der Waals surface area contributed by atoms with E-state index < -0.39 is 5.82 Å². The number of pyridine rings is 2. The predicted octanol–water partition coefficient (Wildman–Crippen LogP) is 2.91. The van der Waals surface area contributed by atoms with Crippen LogP contribution < -0.4 is 15.3 Å². The van der Waals surface area contributed by atoms with Crippen LogP contribution in [0.1, 0.15) is 18.9 Å². The summed E-state index contributed by atoms with van der Waals surface area (Å²) in [6.45, 7) is 4.37. The molecule has 0 unspecified atom stereocenters. The summed E-state index contributed by atoms with van der Waals surface area (Å²) in [5.74, 6) is 5.93. The lowest BCUT2D eigenvalue weighted by Crippen LogP contribution is -2.21. The Balaban J connectivity index is 1.55. The van der Waals surface area contributed by atoms with Gasteiger partial charge in [-0.05, 0) is 32.0 Å². The Morgan fingerprint density at radius 3 is 2.78 bits per heavy atom. The number of nitrogens with two attached hydrogens (primary N) is 1. The van der Waals surface area contributed by atoms with Crippen LogP contribution in [0, 0.1) is 5.82 Å². The second-order valence-electron chi connectivity index (χ2n) is 8.36. The highest BCUT2D eigenvalue weighted by atomic mass is 19.1. The van der Waals surface area contributed by atoms with Gasteiger partial charge in [-0.1, -0.05) is 11.3 Å². The summed E-state index contributed by atoms with van der Waals surface area (Å²) in [5, 5.41) is 7.24. The van der Waals surface area contributed by atoms with Crippen LogP contribution in [0.15, 0.2) is 47.1 Å². The van der Waals surface area contributed by atoms with Crippen molar-refractivity contribution in [3.63, 3.8) is 0 Å². The molecule has 1 saturated heterocycles. The van der Waals surface area contributed by atoms with E-state index in [0.29, 0.717) is 41.6 Å². The molecule has 0 amide bonds. The minimum Gasteiger partial charge on any atom is -0.473 e. The lowest BCUT2D eigenvalue weighted by atomic mass is 10.2. The van der Waals surface area contributed by atoms with Gasteiger partial charge in [-0.25, -0.2) is 14.4 Å². The van der Waals surface area contributed by atoms with E-state index in [0.717, 1.165) is 31.3 Å². The summed E-state index contributed by atoms with van der Waals surface area (Å²) in [7, 11) is 2.07. The number of nitrogens with zero attached hydrogens (tertiary/aromatic N) is 9. The first-order valence-corrected chi connectivity index (χ1v) is 11.5. The summed E-state index contributed by atoms with van der Waals surface area (Å²) >= 11 is 0. The number of fused-ring (bicyclic) bond motifs is 1. The molecule has 5 rings (SSSR count). The zero-order valence-corrected chi connectivity index (χ0v) is 19.9. The number of aromatic nitrogens is 6. The lowest BCUT2D eigenvalue weighted by molar-refractivity contribution is 0.200. The van der Waals surface area contributed by atoms with Crippen molar-refractivity contribution in [2.75, 3.05) is 26.7 Å². The number of hydrogen-bond donors (Lipinski definition) is 1. The molecule has 1 aliphatic rings. The maximum Gasteiger partial charge on any atom is 0.320 e. The van der Waals surface area contributed by atoms with Gasteiger partial charge >= 0.3 is 6.01 Å². The molecule has 0 bridgehead atoms. The second kappa shape index (κ2) is 10.2. The molecule has 0 spiro atoms. The van der Waals surface area contributed by atoms with E-state index >= 15 is 0 Å². The number of rotatable bonds is 8. The molecule has 13 heteroatoms. The molecule has 186 valence electrons. The van der Waals surface area contributed by atoms with Crippen molar-refractivity contribution in [3.8, 4) is 23.3 Å². The van der Waals surface area contributed by atoms with Gasteiger partial charge in [0.15, 0.2) is 11.2 Å². The van der Waals surface area contributed by atoms with Crippen molar-refractivity contribution in [2.24, 2.45) is 16.2 Å². The summed E-state index contributed by atoms with van der Waals surface area (Å²) in [6, 6.07) is 5.21. The van der Waals surface area contributed by atoms with Gasteiger partial charge in [0.2, 0.25) is 11.7 Å². The minimum absolute atomic E-state index is 0.0980. The predicted molar refractivity (Wildman–Crippen MR) is 128 cm³/mol. The van der Waals surface area contributed by atoms with Gasteiger partial charge in [0.05, 0.1) is 19.3 Å². The molecule has 0 aliphatic carbocycles. The van der Waals surface area contributed by atoms with Crippen molar-refractivity contribution < 1.29 is 13.9 Å². The first kappa shape index (κ1) is 23.5. The van der Waals surface area contributed by atoms with Crippen LogP contribution in [0.3, 0.4) is 0 Å². The van der Waals surface area contributed by atoms with Gasteiger partial charge in [0.1, 0.15) is 17.7 Å². The van der Waals surface area contributed by atoms with E-state index in [1.807, 2.05) is 19.1 Å². The van der Waals surface area contributed by atoms with Crippen LogP contribution in [-0.2, 0) is 6.54 Å². The first-order valence-electron chi connectivity index (χ1n) is 11.5. The minimum atomic E-state index is -0.491. The highest BCUT2D eigenvalue weighted by Crippen LogP contribution is 2.31. The number of hydrogen-bond acceptors (Lipinski definition) is 10. The van der Waals surface area contributed by atoms with E-state index in [1.54, 1.807) is 10.8 Å². The van der Waals surface area contributed by atoms with Crippen LogP contribution in [0.4, 0.5) is 10.2 Å². The normalized spacial score (nSPS) is 16.2. The highest BCUT2D eigenvalue weighted by Gasteiger charge is 2.22. The summed E-state index contributed by atoms with van der Waals surface area (Å²) in [5.41, 5.74) is 2.07. The van der Waals surface area contributed by atoms with Crippen LogP contribution in [-0.4, -0.2) is 67.2 Å². The van der Waals surface area contributed by atoms with Crippen molar-refractivity contribution >= 4 is 17.0 Å². The molecule has 4 aromatic heterocycles. The third-order valence-corrected chi connectivity index (χ3v) is 5.72.